The van der Waals surface area contributed by atoms with Gasteiger partial charge in [0, 0.05) is 11.8 Å². The zero-order valence-corrected chi connectivity index (χ0v) is 13.3. The molecule has 5 nitrogen and oxygen atoms in total. The monoisotopic (exact) mass is 310 g/mol. The minimum Gasteiger partial charge on any atom is -0.457 e. The third-order valence-corrected chi connectivity index (χ3v) is 2.70. The number of nitrogens with one attached hydrogen (secondary N) is 1. The molecule has 118 valence electrons. The first-order valence-electron chi connectivity index (χ1n) is 7.14. The normalized spacial score (nSPS) is 10.5. The highest BCUT2D eigenvalue weighted by atomic mass is 16.6. The molecule has 1 N–H and O–H groups in total. The Morgan fingerprint density at radius 3 is 2.39 bits per heavy atom. The Morgan fingerprint density at radius 1 is 1.09 bits per heavy atom. The van der Waals surface area contributed by atoms with E-state index in [0.717, 1.165) is 0 Å². The van der Waals surface area contributed by atoms with E-state index in [4.69, 9.17) is 14.7 Å². The number of benzene rings is 2. The molecule has 0 saturated carbocycles. The van der Waals surface area contributed by atoms with Gasteiger partial charge in [0.2, 0.25) is 0 Å². The number of carbonyl (C=O) groups is 1. The average molecular weight is 310 g/mol. The van der Waals surface area contributed by atoms with Crippen molar-refractivity contribution in [3.8, 4) is 17.6 Å². The molecule has 5 heteroatoms. The molecular formula is C18H18N2O3. The molecule has 0 saturated heterocycles. The molecule has 2 rings (SSSR count). The Kier molecular flexibility index (Phi) is 4.87. The first kappa shape index (κ1) is 16.4. The van der Waals surface area contributed by atoms with Crippen LogP contribution in [0.1, 0.15) is 26.3 Å². The summed E-state index contributed by atoms with van der Waals surface area (Å²) in [6.45, 7) is 5.41. The van der Waals surface area contributed by atoms with Crippen LogP contribution in [0.15, 0.2) is 48.5 Å². The maximum absolute atomic E-state index is 11.8. The van der Waals surface area contributed by atoms with Crippen LogP contribution in [0.25, 0.3) is 0 Å². The lowest BCUT2D eigenvalue weighted by Crippen LogP contribution is -2.27. The van der Waals surface area contributed by atoms with Crippen molar-refractivity contribution in [3.63, 3.8) is 0 Å². The first-order valence-corrected chi connectivity index (χ1v) is 7.14. The van der Waals surface area contributed by atoms with Gasteiger partial charge in [-0.05, 0) is 57.2 Å². The number of hydrogen-bond acceptors (Lipinski definition) is 4. The molecular weight excluding hydrogens is 292 g/mol. The highest BCUT2D eigenvalue weighted by Gasteiger charge is 2.16. The molecule has 0 spiro atoms. The molecule has 2 aromatic rings. The van der Waals surface area contributed by atoms with Gasteiger partial charge >= 0.3 is 6.09 Å². The molecule has 0 aliphatic rings. The molecule has 0 aromatic heterocycles. The lowest BCUT2D eigenvalue weighted by Gasteiger charge is -2.19. The zero-order chi connectivity index (χ0) is 16.9. The Morgan fingerprint density at radius 2 is 1.78 bits per heavy atom. The van der Waals surface area contributed by atoms with E-state index in [2.05, 4.69) is 11.4 Å². The van der Waals surface area contributed by atoms with E-state index in [9.17, 15) is 4.79 Å². The number of nitriles is 1. The molecule has 23 heavy (non-hydrogen) atoms. The van der Waals surface area contributed by atoms with E-state index < -0.39 is 11.7 Å². The van der Waals surface area contributed by atoms with Crippen LogP contribution in [0.3, 0.4) is 0 Å². The molecule has 0 radical (unpaired) electrons. The van der Waals surface area contributed by atoms with Gasteiger partial charge in [-0.25, -0.2) is 4.79 Å². The van der Waals surface area contributed by atoms with E-state index in [1.54, 1.807) is 69.3 Å². The van der Waals surface area contributed by atoms with E-state index in [0.29, 0.717) is 22.7 Å². The predicted octanol–water partition coefficient (Wildman–Crippen LogP) is 4.70. The summed E-state index contributed by atoms with van der Waals surface area (Å²) in [4.78, 5) is 11.8. The Labute approximate surface area is 135 Å². The van der Waals surface area contributed by atoms with E-state index in [1.165, 1.54) is 0 Å². The standard InChI is InChI=1S/C18H18N2O3/c1-18(2,3)23-17(21)20-14-5-4-6-16(11-14)22-15-9-7-13(12-19)8-10-15/h4-11H,1-3H3,(H,20,21). The minimum absolute atomic E-state index is 0.520. The van der Waals surface area contributed by atoms with Gasteiger partial charge in [-0.3, -0.25) is 5.32 Å². The molecule has 0 aliphatic carbocycles. The van der Waals surface area contributed by atoms with E-state index in [1.807, 2.05) is 0 Å². The van der Waals surface area contributed by atoms with Crippen LogP contribution in [0.5, 0.6) is 11.5 Å². The number of nitrogens with zero attached hydrogens (tertiary/aromatic N) is 1. The summed E-state index contributed by atoms with van der Waals surface area (Å²) >= 11 is 0. The van der Waals surface area contributed by atoms with Crippen LogP contribution in [-0.4, -0.2) is 11.7 Å². The Bertz CT molecular complexity index is 725. The van der Waals surface area contributed by atoms with Crippen LogP contribution >= 0.6 is 0 Å². The largest absolute Gasteiger partial charge is 0.457 e. The quantitative estimate of drug-likeness (QED) is 0.892. The van der Waals surface area contributed by atoms with Gasteiger partial charge < -0.3 is 9.47 Å². The van der Waals surface area contributed by atoms with Crippen molar-refractivity contribution in [3.05, 3.63) is 54.1 Å². The number of anilines is 1. The summed E-state index contributed by atoms with van der Waals surface area (Å²) < 4.78 is 10.9. The fourth-order valence-electron chi connectivity index (χ4n) is 1.79. The molecule has 0 atom stereocenters. The van der Waals surface area contributed by atoms with Gasteiger partial charge in [0.15, 0.2) is 0 Å². The van der Waals surface area contributed by atoms with Crippen molar-refractivity contribution in [1.82, 2.24) is 0 Å². The van der Waals surface area contributed by atoms with E-state index >= 15 is 0 Å². The number of amides is 1. The summed E-state index contributed by atoms with van der Waals surface area (Å²) in [5.41, 5.74) is 0.587. The average Bonchev–Trinajstić information content (AvgIpc) is 2.46. The smallest absolute Gasteiger partial charge is 0.412 e. The number of hydrogen-bond donors (Lipinski definition) is 1. The van der Waals surface area contributed by atoms with Gasteiger partial charge in [0.05, 0.1) is 11.6 Å². The van der Waals surface area contributed by atoms with Gasteiger partial charge in [0.25, 0.3) is 0 Å². The summed E-state index contributed by atoms with van der Waals surface area (Å²) in [7, 11) is 0. The Balaban J connectivity index is 2.04. The first-order chi connectivity index (χ1) is 10.9. The molecule has 1 amide bonds. The highest BCUT2D eigenvalue weighted by molar-refractivity contribution is 5.85. The van der Waals surface area contributed by atoms with Crippen molar-refractivity contribution in [2.45, 2.75) is 26.4 Å². The highest BCUT2D eigenvalue weighted by Crippen LogP contribution is 2.24. The fourth-order valence-corrected chi connectivity index (χ4v) is 1.79. The molecule has 0 bridgehead atoms. The molecule has 0 aliphatic heterocycles. The lowest BCUT2D eigenvalue weighted by molar-refractivity contribution is 0.0636. The second-order valence-electron chi connectivity index (χ2n) is 5.89. The van der Waals surface area contributed by atoms with Crippen molar-refractivity contribution >= 4 is 11.8 Å². The van der Waals surface area contributed by atoms with Crippen LogP contribution in [0.4, 0.5) is 10.5 Å². The van der Waals surface area contributed by atoms with Gasteiger partial charge in [-0.15, -0.1) is 0 Å². The molecule has 0 heterocycles. The number of ether oxygens (including phenoxy) is 2. The number of rotatable bonds is 3. The molecule has 0 fully saturated rings. The van der Waals surface area contributed by atoms with Crippen LogP contribution in [0, 0.1) is 11.3 Å². The summed E-state index contributed by atoms with van der Waals surface area (Å²) in [6.07, 6.45) is -0.520. The van der Waals surface area contributed by atoms with E-state index in [-0.39, 0.29) is 0 Å². The summed E-state index contributed by atoms with van der Waals surface area (Å²) in [5.74, 6) is 1.18. The molecule has 0 unspecified atom stereocenters. The number of carbonyl (C=O) groups excluding carboxylic acids is 1. The SMILES string of the molecule is CC(C)(C)OC(=O)Nc1cccc(Oc2ccc(C#N)cc2)c1. The van der Waals surface area contributed by atoms with Crippen molar-refractivity contribution in [2.24, 2.45) is 0 Å². The molecule has 2 aromatic carbocycles. The predicted molar refractivity (Wildman–Crippen MR) is 87.5 cm³/mol. The zero-order valence-electron chi connectivity index (χ0n) is 13.3. The lowest BCUT2D eigenvalue weighted by atomic mass is 10.2. The van der Waals surface area contributed by atoms with Gasteiger partial charge in [-0.2, -0.15) is 5.26 Å². The summed E-state index contributed by atoms with van der Waals surface area (Å²) in [5, 5.41) is 11.4. The van der Waals surface area contributed by atoms with Gasteiger partial charge in [0.1, 0.15) is 17.1 Å². The van der Waals surface area contributed by atoms with Gasteiger partial charge in [-0.1, -0.05) is 6.07 Å². The van der Waals surface area contributed by atoms with Crippen LogP contribution in [0.2, 0.25) is 0 Å². The summed E-state index contributed by atoms with van der Waals surface area (Å²) in [6, 6.07) is 15.8. The maximum atomic E-state index is 11.8. The topological polar surface area (TPSA) is 71.3 Å². The third kappa shape index (κ3) is 5.36. The Hall–Kier alpha value is -3.00. The second kappa shape index (κ2) is 6.84. The van der Waals surface area contributed by atoms with Crippen LogP contribution in [-0.2, 0) is 4.74 Å². The minimum atomic E-state index is -0.555. The van der Waals surface area contributed by atoms with Crippen molar-refractivity contribution in [2.75, 3.05) is 5.32 Å². The van der Waals surface area contributed by atoms with Crippen LogP contribution < -0.4 is 10.1 Å². The third-order valence-electron chi connectivity index (χ3n) is 2.70. The second-order valence-corrected chi connectivity index (χ2v) is 5.89. The maximum Gasteiger partial charge on any atom is 0.412 e. The fraction of sp³-hybridized carbons (Fsp3) is 0.222. The van der Waals surface area contributed by atoms with Crippen molar-refractivity contribution < 1.29 is 14.3 Å². The van der Waals surface area contributed by atoms with Crippen molar-refractivity contribution in [1.29, 1.82) is 5.26 Å².